The van der Waals surface area contributed by atoms with Crippen LogP contribution in [0.1, 0.15) is 39.5 Å². The zero-order valence-electron chi connectivity index (χ0n) is 11.7. The van der Waals surface area contributed by atoms with Gasteiger partial charge in [-0.3, -0.25) is 0 Å². The van der Waals surface area contributed by atoms with Gasteiger partial charge in [-0.2, -0.15) is 0 Å². The molecular formula is C15H22F2N2. The van der Waals surface area contributed by atoms with E-state index >= 15 is 0 Å². The Morgan fingerprint density at radius 2 is 1.58 bits per heavy atom. The Bertz CT molecular complexity index is 422. The maximum absolute atomic E-state index is 13.9. The smallest absolute Gasteiger partial charge is 0.151 e. The second-order valence-electron chi connectivity index (χ2n) is 5.53. The van der Waals surface area contributed by atoms with E-state index in [2.05, 4.69) is 13.8 Å². The van der Waals surface area contributed by atoms with Crippen LogP contribution in [0.2, 0.25) is 0 Å². The average molecular weight is 268 g/mol. The molecule has 0 aromatic heterocycles. The van der Waals surface area contributed by atoms with Gasteiger partial charge in [-0.05, 0) is 30.4 Å². The van der Waals surface area contributed by atoms with Crippen LogP contribution in [0.3, 0.4) is 0 Å². The first-order valence-corrected chi connectivity index (χ1v) is 7.01. The fraction of sp³-hybridized carbons (Fsp3) is 0.600. The molecule has 1 fully saturated rings. The van der Waals surface area contributed by atoms with Crippen molar-refractivity contribution in [2.75, 3.05) is 23.7 Å². The maximum Gasteiger partial charge on any atom is 0.151 e. The summed E-state index contributed by atoms with van der Waals surface area (Å²) in [6, 6.07) is 2.39. The van der Waals surface area contributed by atoms with Crippen LogP contribution >= 0.6 is 0 Å². The molecule has 0 radical (unpaired) electrons. The third-order valence-corrected chi connectivity index (χ3v) is 4.68. The molecule has 2 N–H and O–H groups in total. The lowest BCUT2D eigenvalue weighted by molar-refractivity contribution is 0.198. The fourth-order valence-corrected chi connectivity index (χ4v) is 3.05. The van der Waals surface area contributed by atoms with E-state index in [0.29, 0.717) is 18.5 Å². The molecule has 2 rings (SSSR count). The lowest BCUT2D eigenvalue weighted by Gasteiger charge is -2.42. The summed E-state index contributed by atoms with van der Waals surface area (Å²) in [7, 11) is 0. The average Bonchev–Trinajstić information content (AvgIpc) is 2.39. The number of nitrogens with two attached hydrogens (primary N) is 1. The lowest BCUT2D eigenvalue weighted by atomic mass is 9.74. The van der Waals surface area contributed by atoms with E-state index in [9.17, 15) is 8.78 Å². The van der Waals surface area contributed by atoms with Gasteiger partial charge in [0.05, 0.1) is 0 Å². The van der Waals surface area contributed by atoms with E-state index < -0.39 is 11.6 Å². The zero-order valence-corrected chi connectivity index (χ0v) is 11.7. The monoisotopic (exact) mass is 268 g/mol. The SMILES string of the molecule is CCC1(CC)CCN(c2c(F)cc(N)cc2F)CC1. The quantitative estimate of drug-likeness (QED) is 0.841. The van der Waals surface area contributed by atoms with E-state index in [0.717, 1.165) is 25.7 Å². The lowest BCUT2D eigenvalue weighted by Crippen LogP contribution is -2.40. The fourth-order valence-electron chi connectivity index (χ4n) is 3.05. The Balaban J connectivity index is 2.18. The summed E-state index contributed by atoms with van der Waals surface area (Å²) in [6.45, 7) is 5.81. The zero-order chi connectivity index (χ0) is 14.0. The Hall–Kier alpha value is -1.32. The minimum absolute atomic E-state index is 0.0787. The molecule has 0 saturated carbocycles. The van der Waals surface area contributed by atoms with Gasteiger partial charge in [-0.15, -0.1) is 0 Å². The summed E-state index contributed by atoms with van der Waals surface area (Å²) in [4.78, 5) is 1.81. The number of nitrogen functional groups attached to an aromatic ring is 1. The van der Waals surface area contributed by atoms with Crippen molar-refractivity contribution in [1.82, 2.24) is 0 Å². The van der Waals surface area contributed by atoms with E-state index in [1.807, 2.05) is 4.90 Å². The normalized spacial score (nSPS) is 18.6. The highest BCUT2D eigenvalue weighted by Crippen LogP contribution is 2.40. The van der Waals surface area contributed by atoms with Crippen LogP contribution in [-0.2, 0) is 0 Å². The van der Waals surface area contributed by atoms with Gasteiger partial charge in [0, 0.05) is 18.8 Å². The molecule has 1 saturated heterocycles. The number of benzene rings is 1. The van der Waals surface area contributed by atoms with Gasteiger partial charge in [0.15, 0.2) is 11.6 Å². The number of piperidine rings is 1. The Labute approximate surface area is 113 Å². The van der Waals surface area contributed by atoms with Crippen molar-refractivity contribution in [3.8, 4) is 0 Å². The van der Waals surface area contributed by atoms with Gasteiger partial charge >= 0.3 is 0 Å². The summed E-state index contributed by atoms with van der Waals surface area (Å²) in [6.07, 6.45) is 4.24. The second-order valence-corrected chi connectivity index (χ2v) is 5.53. The highest BCUT2D eigenvalue weighted by Gasteiger charge is 2.32. The molecule has 0 bridgehead atoms. The molecule has 4 heteroatoms. The van der Waals surface area contributed by atoms with Crippen molar-refractivity contribution >= 4 is 11.4 Å². The topological polar surface area (TPSA) is 29.3 Å². The van der Waals surface area contributed by atoms with Crippen molar-refractivity contribution < 1.29 is 8.78 Å². The van der Waals surface area contributed by atoms with Crippen molar-refractivity contribution in [2.45, 2.75) is 39.5 Å². The summed E-state index contributed by atoms with van der Waals surface area (Å²) in [5.41, 5.74) is 6.00. The van der Waals surface area contributed by atoms with Gasteiger partial charge in [0.1, 0.15) is 5.69 Å². The third kappa shape index (κ3) is 2.67. The van der Waals surface area contributed by atoms with Crippen LogP contribution in [-0.4, -0.2) is 13.1 Å². The van der Waals surface area contributed by atoms with Gasteiger partial charge in [0.25, 0.3) is 0 Å². The molecule has 2 nitrogen and oxygen atoms in total. The number of nitrogens with zero attached hydrogens (tertiary/aromatic N) is 1. The standard InChI is InChI=1S/C15H22F2N2/c1-3-15(4-2)5-7-19(8-6-15)14-12(16)9-11(18)10-13(14)17/h9-10H,3-8,18H2,1-2H3. The Morgan fingerprint density at radius 1 is 1.11 bits per heavy atom. The minimum atomic E-state index is -0.557. The van der Waals surface area contributed by atoms with E-state index in [1.54, 1.807) is 0 Å². The molecule has 19 heavy (non-hydrogen) atoms. The molecule has 0 atom stereocenters. The number of rotatable bonds is 3. The van der Waals surface area contributed by atoms with Crippen LogP contribution in [0.15, 0.2) is 12.1 Å². The Morgan fingerprint density at radius 3 is 2.00 bits per heavy atom. The van der Waals surface area contributed by atoms with Crippen LogP contribution in [0.5, 0.6) is 0 Å². The van der Waals surface area contributed by atoms with Crippen LogP contribution < -0.4 is 10.6 Å². The predicted octanol–water partition coefficient (Wildman–Crippen LogP) is 3.95. The van der Waals surface area contributed by atoms with E-state index in [-0.39, 0.29) is 11.4 Å². The van der Waals surface area contributed by atoms with Crippen LogP contribution in [0.4, 0.5) is 20.2 Å². The summed E-state index contributed by atoms with van der Waals surface area (Å²) in [5.74, 6) is -1.11. The molecule has 0 unspecified atom stereocenters. The number of anilines is 2. The van der Waals surface area contributed by atoms with Crippen molar-refractivity contribution in [3.05, 3.63) is 23.8 Å². The molecule has 1 heterocycles. The molecule has 106 valence electrons. The molecule has 0 amide bonds. The minimum Gasteiger partial charge on any atom is -0.399 e. The number of hydrogen-bond acceptors (Lipinski definition) is 2. The largest absolute Gasteiger partial charge is 0.399 e. The number of halogens is 2. The molecule has 1 aliphatic rings. The molecule has 0 aliphatic carbocycles. The number of hydrogen-bond donors (Lipinski definition) is 1. The van der Waals surface area contributed by atoms with Gasteiger partial charge in [0.2, 0.25) is 0 Å². The van der Waals surface area contributed by atoms with Crippen molar-refractivity contribution in [3.63, 3.8) is 0 Å². The van der Waals surface area contributed by atoms with Crippen molar-refractivity contribution in [2.24, 2.45) is 5.41 Å². The molecule has 1 aromatic carbocycles. The first kappa shape index (κ1) is 14.1. The summed E-state index contributed by atoms with van der Waals surface area (Å²) >= 11 is 0. The molecule has 1 aromatic rings. The summed E-state index contributed by atoms with van der Waals surface area (Å²) in [5, 5.41) is 0. The second kappa shape index (κ2) is 5.35. The first-order chi connectivity index (χ1) is 9.01. The Kier molecular flexibility index (Phi) is 3.97. The van der Waals surface area contributed by atoms with Gasteiger partial charge < -0.3 is 10.6 Å². The first-order valence-electron chi connectivity index (χ1n) is 7.01. The summed E-state index contributed by atoms with van der Waals surface area (Å²) < 4.78 is 27.8. The highest BCUT2D eigenvalue weighted by molar-refractivity contribution is 5.56. The van der Waals surface area contributed by atoms with Crippen LogP contribution in [0, 0.1) is 17.0 Å². The maximum atomic E-state index is 13.9. The van der Waals surface area contributed by atoms with Crippen molar-refractivity contribution in [1.29, 1.82) is 0 Å². The molecule has 0 spiro atoms. The molecular weight excluding hydrogens is 246 g/mol. The van der Waals surface area contributed by atoms with Gasteiger partial charge in [-0.25, -0.2) is 8.78 Å². The van der Waals surface area contributed by atoms with Crippen LogP contribution in [0.25, 0.3) is 0 Å². The predicted molar refractivity (Wildman–Crippen MR) is 75.2 cm³/mol. The van der Waals surface area contributed by atoms with E-state index in [1.165, 1.54) is 12.1 Å². The highest BCUT2D eigenvalue weighted by atomic mass is 19.1. The third-order valence-electron chi connectivity index (χ3n) is 4.68. The van der Waals surface area contributed by atoms with Gasteiger partial charge in [-0.1, -0.05) is 26.7 Å². The van der Waals surface area contributed by atoms with E-state index in [4.69, 9.17) is 5.73 Å². The molecule has 1 aliphatic heterocycles.